The van der Waals surface area contributed by atoms with Crippen molar-refractivity contribution in [3.8, 4) is 0 Å². The maximum absolute atomic E-state index is 14.5. The van der Waals surface area contributed by atoms with Crippen molar-refractivity contribution in [1.82, 2.24) is 14.6 Å². The lowest BCUT2D eigenvalue weighted by atomic mass is 9.88. The van der Waals surface area contributed by atoms with Gasteiger partial charge in [0.1, 0.15) is 18.4 Å². The molecule has 1 saturated heterocycles. The lowest BCUT2D eigenvalue weighted by Gasteiger charge is -2.32. The zero-order valence-electron chi connectivity index (χ0n) is 22.8. The van der Waals surface area contributed by atoms with Crippen LogP contribution < -0.4 is 16.3 Å². The molecule has 13 nitrogen and oxygen atoms in total. The van der Waals surface area contributed by atoms with Crippen LogP contribution in [-0.4, -0.2) is 79.5 Å². The van der Waals surface area contributed by atoms with E-state index in [-0.39, 0.29) is 30.6 Å². The van der Waals surface area contributed by atoms with Crippen molar-refractivity contribution in [1.29, 1.82) is 0 Å². The largest absolute Gasteiger partial charge is 0.405 e. The molecule has 2 aromatic rings. The number of rotatable bonds is 14. The second-order valence-electron chi connectivity index (χ2n) is 10.4. The Morgan fingerprint density at radius 2 is 1.95 bits per heavy atom. The number of alkyl halides is 1. The summed E-state index contributed by atoms with van der Waals surface area (Å²) in [5, 5.41) is 33.7. The Morgan fingerprint density at radius 1 is 1.27 bits per heavy atom. The summed E-state index contributed by atoms with van der Waals surface area (Å²) >= 11 is 0.867. The summed E-state index contributed by atoms with van der Waals surface area (Å²) < 4.78 is 45.7. The first-order valence-corrected chi connectivity index (χ1v) is 15.1. The van der Waals surface area contributed by atoms with Gasteiger partial charge in [0.25, 0.3) is 5.56 Å². The minimum absolute atomic E-state index is 0.0148. The Kier molecular flexibility index (Phi) is 10.9. The van der Waals surface area contributed by atoms with Gasteiger partial charge < -0.3 is 20.1 Å². The van der Waals surface area contributed by atoms with E-state index in [2.05, 4.69) is 5.09 Å². The monoisotopic (exact) mass is 619 g/mol. The molecule has 1 aliphatic heterocycles. The number of carbonyl (C=O) groups excluding carboxylic acids is 1. The Balaban J connectivity index is 1.78. The van der Waals surface area contributed by atoms with Crippen molar-refractivity contribution in [3.05, 3.63) is 69.0 Å². The van der Waals surface area contributed by atoms with E-state index in [0.29, 0.717) is 5.56 Å². The number of nitrogens with one attached hydrogen (secondary N) is 2. The summed E-state index contributed by atoms with van der Waals surface area (Å²) in [6, 6.07) is 9.79. The summed E-state index contributed by atoms with van der Waals surface area (Å²) in [5.74, 6) is 0.0575. The van der Waals surface area contributed by atoms with Crippen LogP contribution in [0, 0.1) is 5.41 Å². The molecule has 1 aromatic heterocycles. The SMILES string of the molecule is CC(C)(CO)C(=O)SCCOP(=O)(NCc1ccccc1)OC[C@@]1(CF)O[C@@H](n2ccc(=O)[nH]c2=O)[C@](C)(O)[C@@H]1O. The molecule has 1 unspecified atom stereocenters. The van der Waals surface area contributed by atoms with E-state index in [1.54, 1.807) is 44.2 Å². The molecular weight excluding hydrogens is 584 g/mol. The first kappa shape index (κ1) is 33.3. The quantitative estimate of drug-likeness (QED) is 0.150. The average molecular weight is 620 g/mol. The molecule has 0 bridgehead atoms. The van der Waals surface area contributed by atoms with Gasteiger partial charge >= 0.3 is 13.4 Å². The zero-order valence-corrected chi connectivity index (χ0v) is 24.5. The van der Waals surface area contributed by atoms with E-state index >= 15 is 0 Å². The summed E-state index contributed by atoms with van der Waals surface area (Å²) in [6.07, 6.45) is -2.59. The molecule has 5 N–H and O–H groups in total. The summed E-state index contributed by atoms with van der Waals surface area (Å²) in [5.41, 5.74) is -6.48. The number of aliphatic hydroxyl groups excluding tert-OH is 2. The van der Waals surface area contributed by atoms with Gasteiger partial charge in [-0.15, -0.1) is 0 Å². The Bertz CT molecular complexity index is 1350. The predicted octanol–water partition coefficient (Wildman–Crippen LogP) is 1.09. The minimum atomic E-state index is -4.26. The number of ether oxygens (including phenoxy) is 1. The molecule has 228 valence electrons. The molecule has 1 aliphatic rings. The second-order valence-corrected chi connectivity index (χ2v) is 13.3. The van der Waals surface area contributed by atoms with Crippen LogP contribution in [0.3, 0.4) is 0 Å². The van der Waals surface area contributed by atoms with Crippen LogP contribution in [0.5, 0.6) is 0 Å². The van der Waals surface area contributed by atoms with Crippen LogP contribution in [0.1, 0.15) is 32.6 Å². The highest BCUT2D eigenvalue weighted by Crippen LogP contribution is 2.49. The number of H-pyrrole nitrogens is 1. The number of benzene rings is 1. The number of thioether (sulfide) groups is 1. The van der Waals surface area contributed by atoms with Gasteiger partial charge in [-0.2, -0.15) is 0 Å². The van der Waals surface area contributed by atoms with E-state index in [1.165, 1.54) is 0 Å². The molecule has 0 amide bonds. The van der Waals surface area contributed by atoms with Crippen molar-refractivity contribution >= 4 is 24.6 Å². The van der Waals surface area contributed by atoms with E-state index in [1.807, 2.05) is 4.98 Å². The third-order valence-electron chi connectivity index (χ3n) is 6.55. The topological polar surface area (TPSA) is 189 Å². The summed E-state index contributed by atoms with van der Waals surface area (Å²) in [6.45, 7) is 1.39. The lowest BCUT2D eigenvalue weighted by molar-refractivity contribution is -0.137. The van der Waals surface area contributed by atoms with Gasteiger partial charge in [-0.05, 0) is 26.3 Å². The van der Waals surface area contributed by atoms with Crippen LogP contribution in [0.4, 0.5) is 4.39 Å². The zero-order chi connectivity index (χ0) is 30.5. The molecule has 0 radical (unpaired) electrons. The van der Waals surface area contributed by atoms with Crippen molar-refractivity contribution in [3.63, 3.8) is 0 Å². The molecular formula is C25H35FN3O10PS. The van der Waals surface area contributed by atoms with E-state index in [0.717, 1.165) is 35.5 Å². The van der Waals surface area contributed by atoms with Crippen LogP contribution in [0.2, 0.25) is 0 Å². The first-order valence-electron chi connectivity index (χ1n) is 12.6. The number of nitrogens with zero attached hydrogens (tertiary/aromatic N) is 1. The maximum Gasteiger partial charge on any atom is 0.405 e. The summed E-state index contributed by atoms with van der Waals surface area (Å²) in [4.78, 5) is 38.1. The first-order chi connectivity index (χ1) is 19.2. The van der Waals surface area contributed by atoms with Crippen molar-refractivity contribution in [2.24, 2.45) is 5.41 Å². The highest BCUT2D eigenvalue weighted by Gasteiger charge is 2.62. The number of hydrogen-bond donors (Lipinski definition) is 5. The molecule has 3 rings (SSSR count). The van der Waals surface area contributed by atoms with E-state index in [9.17, 15) is 38.7 Å². The predicted molar refractivity (Wildman–Crippen MR) is 148 cm³/mol. The molecule has 1 aromatic carbocycles. The van der Waals surface area contributed by atoms with Crippen LogP contribution in [0.15, 0.2) is 52.2 Å². The Morgan fingerprint density at radius 3 is 2.56 bits per heavy atom. The van der Waals surface area contributed by atoms with Gasteiger partial charge in [0.05, 0.1) is 25.2 Å². The second kappa shape index (κ2) is 13.4. The molecule has 0 saturated carbocycles. The standard InChI is InChI=1S/C25H35FN3O10PS/c1-23(2,15-30)21(33)41-12-11-37-40(36,27-13-17-7-5-4-6-8-17)38-16-25(14-26)19(32)24(3,35)20(39-25)29-10-9-18(31)28-22(29)34/h4-10,19-20,30,32,35H,11-16H2,1-3H3,(H,27,36)(H,28,31,34)/t19-,20+,24+,25+,40?/m0/s1. The highest BCUT2D eigenvalue weighted by atomic mass is 32.2. The number of halogens is 1. The Labute approximate surface area is 239 Å². The molecule has 1 fully saturated rings. The van der Waals surface area contributed by atoms with Crippen LogP contribution in [0.25, 0.3) is 0 Å². The van der Waals surface area contributed by atoms with Gasteiger partial charge in [0, 0.05) is 24.6 Å². The summed E-state index contributed by atoms with van der Waals surface area (Å²) in [7, 11) is -4.26. The van der Waals surface area contributed by atoms with Crippen molar-refractivity contribution in [2.75, 3.05) is 32.2 Å². The molecule has 0 aliphatic carbocycles. The number of aliphatic hydroxyl groups is 3. The van der Waals surface area contributed by atoms with Crippen LogP contribution in [-0.2, 0) is 29.7 Å². The van der Waals surface area contributed by atoms with Crippen molar-refractivity contribution < 1.29 is 42.9 Å². The van der Waals surface area contributed by atoms with E-state index in [4.69, 9.17) is 13.8 Å². The average Bonchev–Trinajstić information content (AvgIpc) is 3.14. The number of carbonyl (C=O) groups is 1. The van der Waals surface area contributed by atoms with Crippen LogP contribution >= 0.6 is 19.5 Å². The molecule has 0 spiro atoms. The highest BCUT2D eigenvalue weighted by molar-refractivity contribution is 8.13. The lowest BCUT2D eigenvalue weighted by Crippen LogP contribution is -2.53. The van der Waals surface area contributed by atoms with Gasteiger partial charge in [-0.25, -0.2) is 18.8 Å². The fraction of sp³-hybridized carbons (Fsp3) is 0.560. The Hall–Kier alpha value is -2.20. The van der Waals surface area contributed by atoms with E-state index < -0.39 is 61.2 Å². The van der Waals surface area contributed by atoms with Gasteiger partial charge in [-0.3, -0.25) is 28.2 Å². The number of aromatic nitrogens is 2. The third-order valence-corrected chi connectivity index (χ3v) is 9.27. The third kappa shape index (κ3) is 7.80. The fourth-order valence-corrected chi connectivity index (χ4v) is 6.22. The molecule has 2 heterocycles. The number of aromatic amines is 1. The maximum atomic E-state index is 14.5. The normalized spacial score (nSPS) is 26.1. The number of hydrogen-bond acceptors (Lipinski definition) is 11. The van der Waals surface area contributed by atoms with Gasteiger partial charge in [-0.1, -0.05) is 42.1 Å². The molecule has 41 heavy (non-hydrogen) atoms. The van der Waals surface area contributed by atoms with Crippen molar-refractivity contribution in [2.45, 2.75) is 50.8 Å². The van der Waals surface area contributed by atoms with Gasteiger partial charge in [0.15, 0.2) is 16.9 Å². The minimum Gasteiger partial charge on any atom is -0.395 e. The molecule has 16 heteroatoms. The fourth-order valence-electron chi connectivity index (χ4n) is 3.94. The smallest absolute Gasteiger partial charge is 0.395 e. The molecule has 5 atom stereocenters. The van der Waals surface area contributed by atoms with Gasteiger partial charge in [0.2, 0.25) is 0 Å².